The third kappa shape index (κ3) is 2.13. The Labute approximate surface area is 105 Å². The van der Waals surface area contributed by atoms with Crippen molar-refractivity contribution in [1.82, 2.24) is 30.5 Å². The third-order valence-electron chi connectivity index (χ3n) is 3.08. The van der Waals surface area contributed by atoms with Gasteiger partial charge in [0.05, 0.1) is 12.2 Å². The summed E-state index contributed by atoms with van der Waals surface area (Å²) in [5.41, 5.74) is 0.650. The Bertz CT molecular complexity index is 513. The summed E-state index contributed by atoms with van der Waals surface area (Å²) in [5.74, 6) is 1.18. The molecular formula is C11H16N6O. The van der Waals surface area contributed by atoms with E-state index in [0.717, 1.165) is 38.2 Å². The highest BCUT2D eigenvalue weighted by atomic mass is 16.5. The average Bonchev–Trinajstić information content (AvgIpc) is 3.10. The van der Waals surface area contributed by atoms with Gasteiger partial charge in [-0.15, -0.1) is 5.10 Å². The summed E-state index contributed by atoms with van der Waals surface area (Å²) in [6.45, 7) is 4.05. The third-order valence-corrected chi connectivity index (χ3v) is 3.08. The molecule has 7 nitrogen and oxygen atoms in total. The van der Waals surface area contributed by atoms with E-state index in [1.54, 1.807) is 0 Å². The number of nitrogens with zero attached hydrogens (tertiary/aromatic N) is 5. The van der Waals surface area contributed by atoms with Crippen LogP contribution in [0, 0.1) is 0 Å². The van der Waals surface area contributed by atoms with E-state index in [4.69, 9.17) is 4.52 Å². The van der Waals surface area contributed by atoms with Crippen LogP contribution in [0.1, 0.15) is 31.6 Å². The fourth-order valence-electron chi connectivity index (χ4n) is 2.10. The summed E-state index contributed by atoms with van der Waals surface area (Å²) in [7, 11) is 0. The van der Waals surface area contributed by atoms with Crippen LogP contribution in [-0.4, -0.2) is 38.2 Å². The summed E-state index contributed by atoms with van der Waals surface area (Å²) >= 11 is 0. The predicted octanol–water partition coefficient (Wildman–Crippen LogP) is 0.815. The first-order valence-electron chi connectivity index (χ1n) is 6.32. The lowest BCUT2D eigenvalue weighted by Crippen LogP contribution is -2.13. The molecule has 0 amide bonds. The van der Waals surface area contributed by atoms with Crippen LogP contribution < -0.4 is 5.32 Å². The molecule has 1 aliphatic heterocycles. The Kier molecular flexibility index (Phi) is 3.06. The van der Waals surface area contributed by atoms with Gasteiger partial charge in [0.2, 0.25) is 0 Å². The van der Waals surface area contributed by atoms with Crippen molar-refractivity contribution >= 4 is 0 Å². The first-order chi connectivity index (χ1) is 8.86. The molecule has 1 fully saturated rings. The zero-order valence-electron chi connectivity index (χ0n) is 10.3. The standard InChI is InChI=1S/C11H16N6O/c1-2-3-10-13-11(18-15-10)9-7-17(16-14-9)8-4-5-12-6-8/h7-8,12H,2-6H2,1H3/t8-/m0/s1. The maximum absolute atomic E-state index is 5.19. The van der Waals surface area contributed by atoms with E-state index < -0.39 is 0 Å². The van der Waals surface area contributed by atoms with Crippen LogP contribution >= 0.6 is 0 Å². The predicted molar refractivity (Wildman–Crippen MR) is 63.8 cm³/mol. The second-order valence-electron chi connectivity index (χ2n) is 4.50. The molecule has 3 heterocycles. The number of aromatic nitrogens is 5. The Morgan fingerprint density at radius 3 is 3.28 bits per heavy atom. The van der Waals surface area contributed by atoms with Gasteiger partial charge in [-0.2, -0.15) is 4.98 Å². The monoisotopic (exact) mass is 248 g/mol. The normalized spacial score (nSPS) is 19.5. The zero-order chi connectivity index (χ0) is 12.4. The van der Waals surface area contributed by atoms with Crippen molar-refractivity contribution in [3.63, 3.8) is 0 Å². The second-order valence-corrected chi connectivity index (χ2v) is 4.50. The van der Waals surface area contributed by atoms with Gasteiger partial charge in [0.25, 0.3) is 5.89 Å². The molecule has 18 heavy (non-hydrogen) atoms. The molecule has 0 radical (unpaired) electrons. The van der Waals surface area contributed by atoms with E-state index in [2.05, 4.69) is 32.7 Å². The summed E-state index contributed by atoms with van der Waals surface area (Å²) < 4.78 is 7.06. The average molecular weight is 248 g/mol. The van der Waals surface area contributed by atoms with Gasteiger partial charge in [0, 0.05) is 13.0 Å². The second kappa shape index (κ2) is 4.85. The van der Waals surface area contributed by atoms with Gasteiger partial charge in [0.15, 0.2) is 11.5 Å². The summed E-state index contributed by atoms with van der Waals surface area (Å²) in [6.07, 6.45) is 4.78. The van der Waals surface area contributed by atoms with Gasteiger partial charge >= 0.3 is 0 Å². The largest absolute Gasteiger partial charge is 0.332 e. The lowest BCUT2D eigenvalue weighted by molar-refractivity contribution is 0.421. The number of aryl methyl sites for hydroxylation is 1. The first-order valence-corrected chi connectivity index (χ1v) is 6.32. The minimum absolute atomic E-state index is 0.379. The van der Waals surface area contributed by atoms with Crippen LogP contribution in [0.4, 0.5) is 0 Å². The Balaban J connectivity index is 1.78. The Morgan fingerprint density at radius 1 is 1.56 bits per heavy atom. The fourth-order valence-corrected chi connectivity index (χ4v) is 2.10. The van der Waals surface area contributed by atoms with Crippen molar-refractivity contribution in [3.8, 4) is 11.6 Å². The highest BCUT2D eigenvalue weighted by Crippen LogP contribution is 2.18. The van der Waals surface area contributed by atoms with E-state index in [9.17, 15) is 0 Å². The van der Waals surface area contributed by atoms with Crippen LogP contribution in [0.15, 0.2) is 10.7 Å². The minimum atomic E-state index is 0.379. The molecule has 1 atom stereocenters. The SMILES string of the molecule is CCCc1noc(-c2cn([C@H]3CCNC3)nn2)n1. The van der Waals surface area contributed by atoms with E-state index in [1.165, 1.54) is 0 Å². The molecule has 0 saturated carbocycles. The maximum Gasteiger partial charge on any atom is 0.280 e. The Hall–Kier alpha value is -1.76. The van der Waals surface area contributed by atoms with Crippen molar-refractivity contribution in [3.05, 3.63) is 12.0 Å². The van der Waals surface area contributed by atoms with Gasteiger partial charge in [-0.25, -0.2) is 4.68 Å². The van der Waals surface area contributed by atoms with Gasteiger partial charge in [-0.05, 0) is 19.4 Å². The van der Waals surface area contributed by atoms with Gasteiger partial charge in [-0.3, -0.25) is 0 Å². The molecule has 3 rings (SSSR count). The quantitative estimate of drug-likeness (QED) is 0.862. The highest BCUT2D eigenvalue weighted by Gasteiger charge is 2.19. The highest BCUT2D eigenvalue weighted by molar-refractivity contribution is 5.43. The lowest BCUT2D eigenvalue weighted by Gasteiger charge is -2.05. The van der Waals surface area contributed by atoms with Crippen LogP contribution in [0.25, 0.3) is 11.6 Å². The van der Waals surface area contributed by atoms with Crippen LogP contribution in [0.3, 0.4) is 0 Å². The van der Waals surface area contributed by atoms with Gasteiger partial charge < -0.3 is 9.84 Å². The molecule has 0 aliphatic carbocycles. The van der Waals surface area contributed by atoms with Gasteiger partial charge in [-0.1, -0.05) is 17.3 Å². The molecule has 1 N–H and O–H groups in total. The van der Waals surface area contributed by atoms with Crippen LogP contribution in [0.2, 0.25) is 0 Å². The zero-order valence-corrected chi connectivity index (χ0v) is 10.3. The summed E-state index contributed by atoms with van der Waals surface area (Å²) in [4.78, 5) is 4.30. The fraction of sp³-hybridized carbons (Fsp3) is 0.636. The topological polar surface area (TPSA) is 81.7 Å². The molecule has 7 heteroatoms. The smallest absolute Gasteiger partial charge is 0.280 e. The molecule has 0 unspecified atom stereocenters. The molecule has 0 spiro atoms. The Morgan fingerprint density at radius 2 is 2.50 bits per heavy atom. The van der Waals surface area contributed by atoms with Crippen molar-refractivity contribution in [2.45, 2.75) is 32.2 Å². The number of rotatable bonds is 4. The molecule has 0 bridgehead atoms. The van der Waals surface area contributed by atoms with Crippen molar-refractivity contribution in [2.24, 2.45) is 0 Å². The van der Waals surface area contributed by atoms with Crippen molar-refractivity contribution in [1.29, 1.82) is 0 Å². The minimum Gasteiger partial charge on any atom is -0.332 e. The number of hydrogen-bond acceptors (Lipinski definition) is 6. The maximum atomic E-state index is 5.19. The lowest BCUT2D eigenvalue weighted by atomic mass is 10.3. The number of nitrogens with one attached hydrogen (secondary N) is 1. The van der Waals surface area contributed by atoms with Crippen molar-refractivity contribution < 1.29 is 4.52 Å². The molecular weight excluding hydrogens is 232 g/mol. The summed E-state index contributed by atoms with van der Waals surface area (Å²) in [6, 6.07) is 0.379. The van der Waals surface area contributed by atoms with Crippen LogP contribution in [-0.2, 0) is 6.42 Å². The molecule has 1 aliphatic rings. The number of hydrogen-bond donors (Lipinski definition) is 1. The van der Waals surface area contributed by atoms with Gasteiger partial charge in [0.1, 0.15) is 0 Å². The molecule has 0 aromatic carbocycles. The van der Waals surface area contributed by atoms with E-state index in [1.807, 2.05) is 10.9 Å². The molecule has 2 aromatic rings. The first kappa shape index (κ1) is 11.3. The molecule has 96 valence electrons. The summed E-state index contributed by atoms with van der Waals surface area (Å²) in [5, 5.41) is 15.4. The van der Waals surface area contributed by atoms with Crippen molar-refractivity contribution in [2.75, 3.05) is 13.1 Å². The van der Waals surface area contributed by atoms with Crippen LogP contribution in [0.5, 0.6) is 0 Å². The van der Waals surface area contributed by atoms with E-state index >= 15 is 0 Å². The van der Waals surface area contributed by atoms with E-state index in [-0.39, 0.29) is 0 Å². The van der Waals surface area contributed by atoms with E-state index in [0.29, 0.717) is 17.6 Å². The molecule has 2 aromatic heterocycles. The molecule has 1 saturated heterocycles.